The molecule has 176 valence electrons. The molecule has 3 rings (SSSR count). The minimum Gasteiger partial charge on any atom is -0.507 e. The highest BCUT2D eigenvalue weighted by atomic mass is 35.5. The summed E-state index contributed by atoms with van der Waals surface area (Å²) >= 11 is 6.28. The van der Waals surface area contributed by atoms with Crippen LogP contribution in [0.15, 0.2) is 42.0 Å². The van der Waals surface area contributed by atoms with Gasteiger partial charge in [0.15, 0.2) is 11.5 Å². The Hall–Kier alpha value is -3.23. The van der Waals surface area contributed by atoms with Gasteiger partial charge in [0.2, 0.25) is 0 Å². The molecular formula is C24H26ClNO7. The molecule has 8 nitrogen and oxygen atoms in total. The predicted molar refractivity (Wildman–Crippen MR) is 123 cm³/mol. The van der Waals surface area contributed by atoms with Crippen molar-refractivity contribution >= 4 is 29.1 Å². The lowest BCUT2D eigenvalue weighted by atomic mass is 9.95. The molecule has 0 spiro atoms. The predicted octanol–water partition coefficient (Wildman–Crippen LogP) is 3.82. The molecule has 1 atom stereocenters. The summed E-state index contributed by atoms with van der Waals surface area (Å²) in [6.45, 7) is 2.62. The number of carbonyl (C=O) groups is 2. The van der Waals surface area contributed by atoms with Gasteiger partial charge in [0, 0.05) is 19.2 Å². The van der Waals surface area contributed by atoms with Gasteiger partial charge in [-0.1, -0.05) is 17.7 Å². The fraction of sp³-hybridized carbons (Fsp3) is 0.333. The molecule has 1 N–H and O–H groups in total. The maximum atomic E-state index is 13.0. The third kappa shape index (κ3) is 4.77. The third-order valence-electron chi connectivity index (χ3n) is 5.30. The first-order valence-corrected chi connectivity index (χ1v) is 10.7. The lowest BCUT2D eigenvalue weighted by Gasteiger charge is -2.25. The molecule has 1 heterocycles. The molecule has 1 aliphatic rings. The molecule has 0 radical (unpaired) electrons. The van der Waals surface area contributed by atoms with Gasteiger partial charge in [-0.25, -0.2) is 0 Å². The Morgan fingerprint density at radius 1 is 1.03 bits per heavy atom. The van der Waals surface area contributed by atoms with E-state index >= 15 is 0 Å². The fourth-order valence-electron chi connectivity index (χ4n) is 3.75. The minimum atomic E-state index is -0.856. The normalized spacial score (nSPS) is 17.4. The molecule has 1 unspecified atom stereocenters. The van der Waals surface area contributed by atoms with Crippen molar-refractivity contribution in [2.24, 2.45) is 0 Å². The monoisotopic (exact) mass is 475 g/mol. The van der Waals surface area contributed by atoms with Crippen molar-refractivity contribution in [2.75, 3.05) is 41.1 Å². The second-order valence-electron chi connectivity index (χ2n) is 7.18. The quantitative estimate of drug-likeness (QED) is 0.334. The number of carbonyl (C=O) groups excluding carboxylic acids is 2. The van der Waals surface area contributed by atoms with Crippen LogP contribution in [0, 0.1) is 0 Å². The van der Waals surface area contributed by atoms with Crippen molar-refractivity contribution in [2.45, 2.75) is 13.0 Å². The van der Waals surface area contributed by atoms with E-state index in [0.717, 1.165) is 0 Å². The number of ketones is 1. The number of halogens is 1. The number of rotatable bonds is 9. The summed E-state index contributed by atoms with van der Waals surface area (Å²) in [5, 5.41) is 11.4. The zero-order valence-electron chi connectivity index (χ0n) is 18.9. The number of methoxy groups -OCH3 is 3. The van der Waals surface area contributed by atoms with Gasteiger partial charge in [0.05, 0.1) is 44.1 Å². The minimum absolute atomic E-state index is 0.0523. The number of Topliss-reactive ketones (excluding diaryl/α,β-unsaturated/α-hetero) is 1. The van der Waals surface area contributed by atoms with E-state index in [0.29, 0.717) is 35.0 Å². The molecule has 1 amide bonds. The number of hydrogen-bond acceptors (Lipinski definition) is 7. The van der Waals surface area contributed by atoms with Gasteiger partial charge >= 0.3 is 0 Å². The van der Waals surface area contributed by atoms with Crippen molar-refractivity contribution in [3.63, 3.8) is 0 Å². The van der Waals surface area contributed by atoms with Crippen LogP contribution >= 0.6 is 11.6 Å². The fourth-order valence-corrected chi connectivity index (χ4v) is 3.98. The standard InChI is InChI=1S/C24H26ClNO7/c1-5-33-17-8-7-15(12-16(17)25)22(27)20-21(26(10-11-30-2)24(29)23(20)28)14-6-9-18(31-3)19(13-14)32-4/h6-9,12-13,21,27H,5,10-11H2,1-4H3. The number of aliphatic hydroxyl groups is 1. The Balaban J connectivity index is 2.17. The van der Waals surface area contributed by atoms with Gasteiger partial charge in [0.1, 0.15) is 11.5 Å². The molecule has 1 saturated heterocycles. The lowest BCUT2D eigenvalue weighted by molar-refractivity contribution is -0.140. The Labute approximate surface area is 197 Å². The highest BCUT2D eigenvalue weighted by Gasteiger charge is 2.46. The molecule has 2 aromatic carbocycles. The van der Waals surface area contributed by atoms with Crippen LogP contribution in [0.5, 0.6) is 17.2 Å². The maximum Gasteiger partial charge on any atom is 0.295 e. The number of hydrogen-bond donors (Lipinski definition) is 1. The van der Waals surface area contributed by atoms with Crippen molar-refractivity contribution in [1.82, 2.24) is 4.90 Å². The first kappa shape index (κ1) is 24.4. The second kappa shape index (κ2) is 10.6. The van der Waals surface area contributed by atoms with Crippen LogP contribution in [0.1, 0.15) is 24.1 Å². The molecule has 9 heteroatoms. The van der Waals surface area contributed by atoms with Gasteiger partial charge in [-0.05, 0) is 42.8 Å². The van der Waals surface area contributed by atoms with Crippen LogP contribution in [0.4, 0.5) is 0 Å². The van der Waals surface area contributed by atoms with Gasteiger partial charge in [-0.2, -0.15) is 0 Å². The smallest absolute Gasteiger partial charge is 0.295 e. The molecule has 2 aromatic rings. The number of benzene rings is 2. The van der Waals surface area contributed by atoms with Crippen LogP contribution in [0.2, 0.25) is 5.02 Å². The molecule has 0 saturated carbocycles. The summed E-state index contributed by atoms with van der Waals surface area (Å²) in [7, 11) is 4.51. The van der Waals surface area contributed by atoms with E-state index in [9.17, 15) is 14.7 Å². The number of amides is 1. The summed E-state index contributed by atoms with van der Waals surface area (Å²) in [6.07, 6.45) is 0. The molecule has 0 aromatic heterocycles. The van der Waals surface area contributed by atoms with E-state index in [1.165, 1.54) is 32.3 Å². The van der Waals surface area contributed by atoms with E-state index in [2.05, 4.69) is 0 Å². The third-order valence-corrected chi connectivity index (χ3v) is 5.60. The number of nitrogens with zero attached hydrogens (tertiary/aromatic N) is 1. The first-order valence-electron chi connectivity index (χ1n) is 10.3. The largest absolute Gasteiger partial charge is 0.507 e. The van der Waals surface area contributed by atoms with Gasteiger partial charge in [-0.15, -0.1) is 0 Å². The Bertz CT molecular complexity index is 1080. The number of aliphatic hydroxyl groups excluding tert-OH is 1. The van der Waals surface area contributed by atoms with E-state index in [1.807, 2.05) is 6.92 Å². The van der Waals surface area contributed by atoms with E-state index in [1.54, 1.807) is 30.3 Å². The van der Waals surface area contributed by atoms with E-state index in [-0.39, 0.29) is 29.5 Å². The maximum absolute atomic E-state index is 13.0. The Kier molecular flexibility index (Phi) is 7.84. The number of likely N-dealkylation sites (tertiary alicyclic amines) is 1. The molecule has 1 aliphatic heterocycles. The van der Waals surface area contributed by atoms with E-state index < -0.39 is 17.7 Å². The lowest BCUT2D eigenvalue weighted by Crippen LogP contribution is -2.32. The van der Waals surface area contributed by atoms with Crippen molar-refractivity contribution in [3.8, 4) is 17.2 Å². The summed E-state index contributed by atoms with van der Waals surface area (Å²) in [6, 6.07) is 8.90. The average molecular weight is 476 g/mol. The van der Waals surface area contributed by atoms with Crippen molar-refractivity contribution < 1.29 is 33.6 Å². The van der Waals surface area contributed by atoms with Crippen LogP contribution in [-0.2, 0) is 14.3 Å². The molecule has 1 fully saturated rings. The second-order valence-corrected chi connectivity index (χ2v) is 7.59. The molecule has 0 bridgehead atoms. The SMILES string of the molecule is CCOc1ccc(C(O)=C2C(=O)C(=O)N(CCOC)C2c2ccc(OC)c(OC)c2)cc1Cl. The Morgan fingerprint density at radius 3 is 2.33 bits per heavy atom. The zero-order valence-corrected chi connectivity index (χ0v) is 19.6. The zero-order chi connectivity index (χ0) is 24.1. The Morgan fingerprint density at radius 2 is 1.73 bits per heavy atom. The average Bonchev–Trinajstić information content (AvgIpc) is 3.07. The van der Waals surface area contributed by atoms with Gasteiger partial charge in [0.25, 0.3) is 11.7 Å². The van der Waals surface area contributed by atoms with Gasteiger partial charge in [-0.3, -0.25) is 9.59 Å². The topological polar surface area (TPSA) is 94.5 Å². The summed E-state index contributed by atoms with van der Waals surface area (Å²) < 4.78 is 21.2. The highest BCUT2D eigenvalue weighted by molar-refractivity contribution is 6.46. The number of ether oxygens (including phenoxy) is 4. The molecule has 33 heavy (non-hydrogen) atoms. The molecule has 0 aliphatic carbocycles. The van der Waals surface area contributed by atoms with Crippen LogP contribution in [0.3, 0.4) is 0 Å². The summed E-state index contributed by atoms with van der Waals surface area (Å²) in [5.74, 6) is -0.491. The summed E-state index contributed by atoms with van der Waals surface area (Å²) in [4.78, 5) is 27.3. The van der Waals surface area contributed by atoms with E-state index in [4.69, 9.17) is 30.5 Å². The van der Waals surface area contributed by atoms with Crippen LogP contribution in [-0.4, -0.2) is 62.8 Å². The summed E-state index contributed by atoms with van der Waals surface area (Å²) in [5.41, 5.74) is 0.809. The van der Waals surface area contributed by atoms with Crippen LogP contribution < -0.4 is 14.2 Å². The molecular weight excluding hydrogens is 450 g/mol. The highest BCUT2D eigenvalue weighted by Crippen LogP contribution is 2.42. The van der Waals surface area contributed by atoms with Crippen molar-refractivity contribution in [1.29, 1.82) is 0 Å². The first-order chi connectivity index (χ1) is 15.9. The van der Waals surface area contributed by atoms with Crippen LogP contribution in [0.25, 0.3) is 5.76 Å². The van der Waals surface area contributed by atoms with Crippen molar-refractivity contribution in [3.05, 3.63) is 58.1 Å². The van der Waals surface area contributed by atoms with Gasteiger partial charge < -0.3 is 29.0 Å².